The molecule has 0 heterocycles. The second kappa shape index (κ2) is 8.55. The molecule has 2 aromatic rings. The van der Waals surface area contributed by atoms with Crippen LogP contribution in [0.4, 0.5) is 0 Å². The molecular weight excluding hydrogens is 366 g/mol. The molecule has 0 spiro atoms. The summed E-state index contributed by atoms with van der Waals surface area (Å²) in [7, 11) is -3.07. The first-order valence-corrected chi connectivity index (χ1v) is 10.7. The zero-order chi connectivity index (χ0) is 17.6. The van der Waals surface area contributed by atoms with E-state index in [1.165, 1.54) is 0 Å². The summed E-state index contributed by atoms with van der Waals surface area (Å²) < 4.78 is 22.1. The van der Waals surface area contributed by atoms with Crippen LogP contribution in [0.25, 0.3) is 0 Å². The van der Waals surface area contributed by atoms with Gasteiger partial charge in [-0.25, -0.2) is 8.42 Å². The van der Waals surface area contributed by atoms with Crippen LogP contribution in [0.3, 0.4) is 0 Å². The SMILES string of the molecule is CS(=O)(=O)CCNC(=O)c1ccc(CSc2ccc(Cl)cc2)cc1. The molecule has 0 bridgehead atoms. The third-order valence-electron chi connectivity index (χ3n) is 3.19. The lowest BCUT2D eigenvalue weighted by molar-refractivity contribution is 0.0956. The Balaban J connectivity index is 1.85. The van der Waals surface area contributed by atoms with Crippen molar-refractivity contribution in [1.82, 2.24) is 5.32 Å². The molecule has 1 amide bonds. The standard InChI is InChI=1S/C17H18ClNO3S2/c1-24(21,22)11-10-19-17(20)14-4-2-13(3-5-14)12-23-16-8-6-15(18)7-9-16/h2-9H,10-12H2,1H3,(H,19,20). The van der Waals surface area contributed by atoms with Crippen molar-refractivity contribution < 1.29 is 13.2 Å². The number of amides is 1. The third-order valence-corrected chi connectivity index (χ3v) is 5.47. The van der Waals surface area contributed by atoms with E-state index in [4.69, 9.17) is 11.6 Å². The van der Waals surface area contributed by atoms with E-state index in [0.717, 1.165) is 22.5 Å². The number of halogens is 1. The smallest absolute Gasteiger partial charge is 0.251 e. The summed E-state index contributed by atoms with van der Waals surface area (Å²) in [6.07, 6.45) is 1.15. The van der Waals surface area contributed by atoms with Gasteiger partial charge in [0.2, 0.25) is 0 Å². The van der Waals surface area contributed by atoms with Crippen molar-refractivity contribution in [2.45, 2.75) is 10.6 Å². The number of rotatable bonds is 7. The minimum Gasteiger partial charge on any atom is -0.351 e. The monoisotopic (exact) mass is 383 g/mol. The average Bonchev–Trinajstić information content (AvgIpc) is 2.53. The fourth-order valence-electron chi connectivity index (χ4n) is 1.90. The highest BCUT2D eigenvalue weighted by atomic mass is 35.5. The van der Waals surface area contributed by atoms with Gasteiger partial charge < -0.3 is 5.32 Å². The number of benzene rings is 2. The van der Waals surface area contributed by atoms with Gasteiger partial charge in [0, 0.05) is 34.0 Å². The highest BCUT2D eigenvalue weighted by Crippen LogP contribution is 2.24. The maximum absolute atomic E-state index is 11.9. The number of hydrogen-bond donors (Lipinski definition) is 1. The molecular formula is C17H18ClNO3S2. The lowest BCUT2D eigenvalue weighted by Crippen LogP contribution is -2.28. The zero-order valence-electron chi connectivity index (χ0n) is 13.2. The van der Waals surface area contributed by atoms with Gasteiger partial charge in [-0.2, -0.15) is 0 Å². The van der Waals surface area contributed by atoms with Crippen LogP contribution in [0.15, 0.2) is 53.4 Å². The zero-order valence-corrected chi connectivity index (χ0v) is 15.5. The summed E-state index contributed by atoms with van der Waals surface area (Å²) in [6, 6.07) is 14.9. The van der Waals surface area contributed by atoms with Gasteiger partial charge >= 0.3 is 0 Å². The van der Waals surface area contributed by atoms with E-state index in [1.807, 2.05) is 36.4 Å². The molecule has 0 fully saturated rings. The molecule has 7 heteroatoms. The number of hydrogen-bond acceptors (Lipinski definition) is 4. The summed E-state index contributed by atoms with van der Waals surface area (Å²) in [5, 5.41) is 3.32. The van der Waals surface area contributed by atoms with Crippen LogP contribution >= 0.6 is 23.4 Å². The molecule has 4 nitrogen and oxygen atoms in total. The Labute approximate surface area is 151 Å². The van der Waals surface area contributed by atoms with Gasteiger partial charge in [0.1, 0.15) is 9.84 Å². The molecule has 0 aliphatic heterocycles. The maximum Gasteiger partial charge on any atom is 0.251 e. The first kappa shape index (κ1) is 18.8. The molecule has 0 aliphatic rings. The van der Waals surface area contributed by atoms with Gasteiger partial charge in [-0.05, 0) is 42.0 Å². The van der Waals surface area contributed by atoms with Crippen molar-refractivity contribution in [3.63, 3.8) is 0 Å². The van der Waals surface area contributed by atoms with Crippen molar-refractivity contribution in [3.05, 3.63) is 64.7 Å². The van der Waals surface area contributed by atoms with Crippen molar-refractivity contribution in [1.29, 1.82) is 0 Å². The van der Waals surface area contributed by atoms with Crippen LogP contribution in [0.2, 0.25) is 5.02 Å². The summed E-state index contributed by atoms with van der Waals surface area (Å²) in [5.74, 6) is 0.460. The van der Waals surface area contributed by atoms with E-state index in [0.29, 0.717) is 10.6 Å². The van der Waals surface area contributed by atoms with E-state index in [2.05, 4.69) is 5.32 Å². The normalized spacial score (nSPS) is 11.2. The molecule has 128 valence electrons. The van der Waals surface area contributed by atoms with Crippen molar-refractivity contribution in [3.8, 4) is 0 Å². The highest BCUT2D eigenvalue weighted by Gasteiger charge is 2.07. The fraction of sp³-hybridized carbons (Fsp3) is 0.235. The lowest BCUT2D eigenvalue weighted by atomic mass is 10.1. The molecule has 2 aromatic carbocycles. The predicted octanol–water partition coefficient (Wildman–Crippen LogP) is 3.41. The van der Waals surface area contributed by atoms with Gasteiger partial charge in [-0.1, -0.05) is 23.7 Å². The van der Waals surface area contributed by atoms with Crippen LogP contribution in [0.1, 0.15) is 15.9 Å². The Morgan fingerprint density at radius 1 is 1.08 bits per heavy atom. The number of carbonyl (C=O) groups is 1. The minimum absolute atomic E-state index is 0.0610. The number of sulfone groups is 1. The van der Waals surface area contributed by atoms with Gasteiger partial charge in [-0.3, -0.25) is 4.79 Å². The third kappa shape index (κ3) is 6.55. The first-order chi connectivity index (χ1) is 11.3. The van der Waals surface area contributed by atoms with Crippen LogP contribution in [-0.4, -0.2) is 32.9 Å². The van der Waals surface area contributed by atoms with Crippen molar-refractivity contribution >= 4 is 39.1 Å². The topological polar surface area (TPSA) is 63.2 Å². The second-order valence-electron chi connectivity index (χ2n) is 5.33. The Kier molecular flexibility index (Phi) is 6.71. The lowest BCUT2D eigenvalue weighted by Gasteiger charge is -2.06. The number of carbonyl (C=O) groups excluding carboxylic acids is 1. The largest absolute Gasteiger partial charge is 0.351 e. The summed E-state index contributed by atoms with van der Waals surface area (Å²) >= 11 is 7.54. The summed E-state index contributed by atoms with van der Waals surface area (Å²) in [4.78, 5) is 13.1. The Bertz CT molecular complexity index is 788. The average molecular weight is 384 g/mol. The summed E-state index contributed by atoms with van der Waals surface area (Å²) in [5.41, 5.74) is 1.62. The molecule has 0 unspecified atom stereocenters. The van der Waals surface area contributed by atoms with E-state index in [-0.39, 0.29) is 18.2 Å². The molecule has 0 saturated carbocycles. The van der Waals surface area contributed by atoms with Gasteiger partial charge in [-0.15, -0.1) is 11.8 Å². The van der Waals surface area contributed by atoms with Crippen LogP contribution in [0, 0.1) is 0 Å². The molecule has 24 heavy (non-hydrogen) atoms. The Morgan fingerprint density at radius 3 is 2.29 bits per heavy atom. The fourth-order valence-corrected chi connectivity index (χ4v) is 3.36. The molecule has 0 aromatic heterocycles. The summed E-state index contributed by atoms with van der Waals surface area (Å²) in [6.45, 7) is 0.117. The van der Waals surface area contributed by atoms with E-state index < -0.39 is 9.84 Å². The molecule has 0 aliphatic carbocycles. The highest BCUT2D eigenvalue weighted by molar-refractivity contribution is 7.98. The predicted molar refractivity (Wildman–Crippen MR) is 99.5 cm³/mol. The van der Waals surface area contributed by atoms with E-state index >= 15 is 0 Å². The van der Waals surface area contributed by atoms with Crippen molar-refractivity contribution in [2.75, 3.05) is 18.6 Å². The molecule has 0 atom stereocenters. The number of thioether (sulfide) groups is 1. The van der Waals surface area contributed by atoms with E-state index in [1.54, 1.807) is 23.9 Å². The molecule has 0 radical (unpaired) electrons. The Hall–Kier alpha value is -1.50. The Morgan fingerprint density at radius 2 is 1.71 bits per heavy atom. The van der Waals surface area contributed by atoms with E-state index in [9.17, 15) is 13.2 Å². The van der Waals surface area contributed by atoms with Crippen LogP contribution in [0.5, 0.6) is 0 Å². The molecule has 2 rings (SSSR count). The van der Waals surface area contributed by atoms with Gasteiger partial charge in [0.25, 0.3) is 5.91 Å². The van der Waals surface area contributed by atoms with Crippen LogP contribution < -0.4 is 5.32 Å². The van der Waals surface area contributed by atoms with Crippen LogP contribution in [-0.2, 0) is 15.6 Å². The first-order valence-electron chi connectivity index (χ1n) is 7.27. The van der Waals surface area contributed by atoms with Crippen molar-refractivity contribution in [2.24, 2.45) is 0 Å². The number of nitrogens with one attached hydrogen (secondary N) is 1. The second-order valence-corrected chi connectivity index (χ2v) is 9.07. The van der Waals surface area contributed by atoms with Gasteiger partial charge in [0.05, 0.1) is 5.75 Å². The quantitative estimate of drug-likeness (QED) is 0.744. The van der Waals surface area contributed by atoms with Gasteiger partial charge in [0.15, 0.2) is 0 Å². The minimum atomic E-state index is -3.07. The maximum atomic E-state index is 11.9. The molecule has 0 saturated heterocycles. The molecule has 1 N–H and O–H groups in total.